The molecule has 250 valence electrons. The average Bonchev–Trinajstić information content (AvgIpc) is 2.98. The monoisotopic (exact) mass is 679 g/mol. The van der Waals surface area contributed by atoms with Crippen LogP contribution in [0.1, 0.15) is 29.5 Å². The number of carboxylic acids is 1. The van der Waals surface area contributed by atoms with Crippen molar-refractivity contribution in [2.75, 3.05) is 19.8 Å². The number of aryl methyl sites for hydroxylation is 1. The highest BCUT2D eigenvalue weighted by molar-refractivity contribution is 7.47. The predicted molar refractivity (Wildman–Crippen MR) is 150 cm³/mol. The van der Waals surface area contributed by atoms with E-state index in [1.165, 1.54) is 24.3 Å². The Morgan fingerprint density at radius 1 is 0.848 bits per heavy atom. The standard InChI is InChI=1S/C29H28F6NO9P/c30-28(31,32)21-14-20(15-22(16-21)29(33,34)35)18-6-9-23(10-7-18)45-25-5-2-1-4-19(25)8-11-26(37)42-12-3-13-43-46(40,41)44-17-24(36)27(38)39/h1-2,4-7,9-10,14-16,24H,3,8,11-13,17,36H2,(H,38,39)(H,40,41)/t24-/m0/s1. The lowest BCUT2D eigenvalue weighted by Gasteiger charge is -2.15. The van der Waals surface area contributed by atoms with Crippen molar-refractivity contribution in [3.63, 3.8) is 0 Å². The van der Waals surface area contributed by atoms with Crippen LogP contribution < -0.4 is 10.5 Å². The number of phosphoric acid groups is 1. The zero-order valence-electron chi connectivity index (χ0n) is 23.7. The van der Waals surface area contributed by atoms with E-state index in [1.54, 1.807) is 24.3 Å². The van der Waals surface area contributed by atoms with Gasteiger partial charge in [0.2, 0.25) is 0 Å². The van der Waals surface area contributed by atoms with Crippen LogP contribution in [-0.2, 0) is 46.7 Å². The van der Waals surface area contributed by atoms with Gasteiger partial charge in [0.05, 0.1) is 30.9 Å². The van der Waals surface area contributed by atoms with Gasteiger partial charge in [-0.2, -0.15) is 26.3 Å². The number of halogens is 6. The highest BCUT2D eigenvalue weighted by Crippen LogP contribution is 2.43. The summed E-state index contributed by atoms with van der Waals surface area (Å²) in [5, 5.41) is 8.65. The van der Waals surface area contributed by atoms with E-state index in [-0.39, 0.29) is 55.4 Å². The van der Waals surface area contributed by atoms with Crippen LogP contribution in [0.5, 0.6) is 11.5 Å². The van der Waals surface area contributed by atoms with Crippen molar-refractivity contribution in [2.45, 2.75) is 37.7 Å². The smallest absolute Gasteiger partial charge is 0.472 e. The van der Waals surface area contributed by atoms with Crippen LogP contribution in [0.15, 0.2) is 66.7 Å². The number of carboxylic acid groups (broad SMARTS) is 1. The van der Waals surface area contributed by atoms with Gasteiger partial charge in [0.1, 0.15) is 17.5 Å². The molecule has 0 fully saturated rings. The van der Waals surface area contributed by atoms with Crippen molar-refractivity contribution < 1.29 is 69.0 Å². The third-order valence-corrected chi connectivity index (χ3v) is 7.10. The molecule has 0 radical (unpaired) electrons. The Labute approximate surface area is 258 Å². The van der Waals surface area contributed by atoms with Crippen molar-refractivity contribution in [3.8, 4) is 22.6 Å². The predicted octanol–water partition coefficient (Wildman–Crippen LogP) is 6.59. The van der Waals surface area contributed by atoms with Gasteiger partial charge >= 0.3 is 32.1 Å². The third kappa shape index (κ3) is 11.4. The van der Waals surface area contributed by atoms with Gasteiger partial charge in [-0.1, -0.05) is 30.3 Å². The molecule has 0 saturated heterocycles. The number of hydrogen-bond donors (Lipinski definition) is 3. The summed E-state index contributed by atoms with van der Waals surface area (Å²) in [7, 11) is -4.55. The Balaban J connectivity index is 1.54. The quantitative estimate of drug-likeness (QED) is 0.0693. The fourth-order valence-electron chi connectivity index (χ4n) is 3.79. The maximum Gasteiger partial charge on any atom is 0.472 e. The second-order valence-electron chi connectivity index (χ2n) is 9.65. The molecule has 0 aliphatic rings. The molecule has 0 bridgehead atoms. The van der Waals surface area contributed by atoms with E-state index in [0.717, 1.165) is 0 Å². The number of alkyl halides is 6. The summed E-state index contributed by atoms with van der Waals surface area (Å²) in [4.78, 5) is 32.3. The van der Waals surface area contributed by atoms with Crippen molar-refractivity contribution in [1.29, 1.82) is 0 Å². The minimum absolute atomic E-state index is 0.0261. The topological polar surface area (TPSA) is 155 Å². The largest absolute Gasteiger partial charge is 0.480 e. The molecule has 10 nitrogen and oxygen atoms in total. The Kier molecular flexibility index (Phi) is 12.4. The van der Waals surface area contributed by atoms with E-state index in [9.17, 15) is 45.4 Å². The van der Waals surface area contributed by atoms with Gasteiger partial charge in [0.15, 0.2) is 0 Å². The zero-order valence-corrected chi connectivity index (χ0v) is 24.6. The SMILES string of the molecule is N[C@@H](COP(=O)(O)OCCCOC(=O)CCc1ccccc1Oc1ccc(-c2cc(C(F)(F)F)cc(C(F)(F)F)c2)cc1)C(=O)O. The van der Waals surface area contributed by atoms with E-state index < -0.39 is 55.9 Å². The Bertz CT molecular complexity index is 1520. The van der Waals surface area contributed by atoms with Gasteiger partial charge < -0.3 is 25.2 Å². The second kappa shape index (κ2) is 15.6. The lowest BCUT2D eigenvalue weighted by Crippen LogP contribution is -2.34. The first kappa shape index (κ1) is 36.5. The molecule has 46 heavy (non-hydrogen) atoms. The number of hydrogen-bond acceptors (Lipinski definition) is 8. The molecule has 17 heteroatoms. The van der Waals surface area contributed by atoms with Crippen molar-refractivity contribution >= 4 is 19.8 Å². The number of phosphoric ester groups is 1. The summed E-state index contributed by atoms with van der Waals surface area (Å²) in [5.41, 5.74) is 2.72. The molecule has 3 aromatic carbocycles. The van der Waals surface area contributed by atoms with E-state index in [1.807, 2.05) is 0 Å². The number of rotatable bonds is 15. The van der Waals surface area contributed by atoms with Gasteiger partial charge in [-0.3, -0.25) is 18.6 Å². The molecule has 0 aromatic heterocycles. The summed E-state index contributed by atoms with van der Waals surface area (Å²) in [6.07, 6.45) is -9.83. The van der Waals surface area contributed by atoms with Crippen molar-refractivity contribution in [1.82, 2.24) is 0 Å². The lowest BCUT2D eigenvalue weighted by molar-refractivity contribution is -0.144. The van der Waals surface area contributed by atoms with Gasteiger partial charge in [0, 0.05) is 12.8 Å². The summed E-state index contributed by atoms with van der Waals surface area (Å²) >= 11 is 0. The van der Waals surface area contributed by atoms with Gasteiger partial charge in [-0.15, -0.1) is 0 Å². The summed E-state index contributed by atoms with van der Waals surface area (Å²) in [5.74, 6) is -1.46. The molecule has 4 N–H and O–H groups in total. The van der Waals surface area contributed by atoms with Crippen LogP contribution in [0.3, 0.4) is 0 Å². The van der Waals surface area contributed by atoms with Crippen LogP contribution in [-0.4, -0.2) is 47.8 Å². The van der Waals surface area contributed by atoms with E-state index >= 15 is 0 Å². The highest BCUT2D eigenvalue weighted by Gasteiger charge is 2.37. The number of carbonyl (C=O) groups excluding carboxylic acids is 1. The number of esters is 1. The number of aliphatic carboxylic acids is 1. The second-order valence-corrected chi connectivity index (χ2v) is 11.1. The molecule has 0 saturated carbocycles. The number of para-hydroxylation sites is 1. The number of carbonyl (C=O) groups is 2. The fourth-order valence-corrected chi connectivity index (χ4v) is 4.57. The third-order valence-electron chi connectivity index (χ3n) is 6.11. The maximum absolute atomic E-state index is 13.2. The van der Waals surface area contributed by atoms with Gasteiger partial charge in [0.25, 0.3) is 0 Å². The minimum Gasteiger partial charge on any atom is -0.480 e. The van der Waals surface area contributed by atoms with E-state index in [2.05, 4.69) is 9.05 Å². The molecule has 3 aromatic rings. The average molecular weight is 680 g/mol. The Morgan fingerprint density at radius 3 is 2.04 bits per heavy atom. The van der Waals surface area contributed by atoms with Crippen LogP contribution in [0, 0.1) is 0 Å². The molecule has 0 amide bonds. The van der Waals surface area contributed by atoms with E-state index in [4.69, 9.17) is 20.3 Å². The zero-order chi connectivity index (χ0) is 34.1. The van der Waals surface area contributed by atoms with Crippen LogP contribution in [0.2, 0.25) is 0 Å². The van der Waals surface area contributed by atoms with Crippen molar-refractivity contribution in [3.05, 3.63) is 83.4 Å². The molecule has 0 heterocycles. The molecular weight excluding hydrogens is 651 g/mol. The molecule has 0 spiro atoms. The summed E-state index contributed by atoms with van der Waals surface area (Å²) in [6.45, 7) is -1.25. The first-order chi connectivity index (χ1) is 21.4. The summed E-state index contributed by atoms with van der Waals surface area (Å²) < 4.78 is 111. The molecule has 0 aliphatic heterocycles. The summed E-state index contributed by atoms with van der Waals surface area (Å²) in [6, 6.07) is 11.8. The molecule has 0 aliphatic carbocycles. The molecule has 1 unspecified atom stereocenters. The van der Waals surface area contributed by atoms with Crippen LogP contribution in [0.4, 0.5) is 26.3 Å². The molecule has 2 atom stereocenters. The molecular formula is C29H28F6NO9P. The first-order valence-electron chi connectivity index (χ1n) is 13.4. The Morgan fingerprint density at radius 2 is 1.46 bits per heavy atom. The Hall–Kier alpha value is -3.95. The lowest BCUT2D eigenvalue weighted by atomic mass is 9.99. The van der Waals surface area contributed by atoms with Gasteiger partial charge in [-0.05, 0) is 59.5 Å². The van der Waals surface area contributed by atoms with Crippen molar-refractivity contribution in [2.24, 2.45) is 5.73 Å². The number of benzene rings is 3. The molecule has 3 rings (SSSR count). The van der Waals surface area contributed by atoms with Crippen LogP contribution >= 0.6 is 7.82 Å². The number of nitrogens with two attached hydrogens (primary N) is 1. The fraction of sp³-hybridized carbons (Fsp3) is 0.310. The highest BCUT2D eigenvalue weighted by atomic mass is 31.2. The van der Waals surface area contributed by atoms with Crippen LogP contribution in [0.25, 0.3) is 11.1 Å². The normalized spacial score (nSPS) is 13.9. The number of ether oxygens (including phenoxy) is 2. The van der Waals surface area contributed by atoms with Gasteiger partial charge in [-0.25, -0.2) is 4.57 Å². The first-order valence-corrected chi connectivity index (χ1v) is 14.9. The van der Waals surface area contributed by atoms with E-state index in [0.29, 0.717) is 23.4 Å². The maximum atomic E-state index is 13.2. The minimum atomic E-state index is -4.98.